The van der Waals surface area contributed by atoms with Gasteiger partial charge in [0.25, 0.3) is 0 Å². The fourth-order valence-electron chi connectivity index (χ4n) is 2.07. The molecule has 106 valence electrons. The third kappa shape index (κ3) is 3.83. The maximum atomic E-state index is 13.1. The van der Waals surface area contributed by atoms with Crippen LogP contribution in [0.3, 0.4) is 0 Å². The van der Waals surface area contributed by atoms with E-state index in [1.807, 2.05) is 0 Å². The highest BCUT2D eigenvalue weighted by molar-refractivity contribution is 5.31. The zero-order valence-corrected chi connectivity index (χ0v) is 10.3. The Balaban J connectivity index is 2.00. The van der Waals surface area contributed by atoms with Gasteiger partial charge in [0.15, 0.2) is 0 Å². The summed E-state index contributed by atoms with van der Waals surface area (Å²) in [5.41, 5.74) is -1.29. The molecule has 1 fully saturated rings. The van der Waals surface area contributed by atoms with E-state index in [0.717, 1.165) is 31.9 Å². The highest BCUT2D eigenvalue weighted by Crippen LogP contribution is 2.33. The summed E-state index contributed by atoms with van der Waals surface area (Å²) in [4.78, 5) is 0. The molecule has 0 bridgehead atoms. The first-order chi connectivity index (χ1) is 8.97. The summed E-state index contributed by atoms with van der Waals surface area (Å²) in [6, 6.07) is 2.85. The number of alkyl halides is 3. The molecular weight excluding hydrogens is 262 g/mol. The maximum absolute atomic E-state index is 13.1. The molecule has 1 aliphatic rings. The SMILES string of the molecule is Fc1ccc(OCC2CCCCN2)cc1C(F)(F)F. The van der Waals surface area contributed by atoms with E-state index in [-0.39, 0.29) is 11.8 Å². The van der Waals surface area contributed by atoms with E-state index >= 15 is 0 Å². The Morgan fingerprint density at radius 3 is 2.68 bits per heavy atom. The molecular formula is C13H15F4NO. The van der Waals surface area contributed by atoms with Gasteiger partial charge in [-0.1, -0.05) is 6.42 Å². The molecule has 0 saturated carbocycles. The van der Waals surface area contributed by atoms with E-state index in [2.05, 4.69) is 5.32 Å². The third-order valence-corrected chi connectivity index (χ3v) is 3.11. The van der Waals surface area contributed by atoms with Crippen molar-refractivity contribution in [3.05, 3.63) is 29.6 Å². The van der Waals surface area contributed by atoms with Crippen LogP contribution in [0.15, 0.2) is 18.2 Å². The summed E-state index contributed by atoms with van der Waals surface area (Å²) >= 11 is 0. The van der Waals surface area contributed by atoms with Gasteiger partial charge in [-0.15, -0.1) is 0 Å². The lowest BCUT2D eigenvalue weighted by atomic mass is 10.1. The third-order valence-electron chi connectivity index (χ3n) is 3.11. The Kier molecular flexibility index (Phi) is 4.29. The predicted molar refractivity (Wildman–Crippen MR) is 62.5 cm³/mol. The van der Waals surface area contributed by atoms with Gasteiger partial charge in [-0.3, -0.25) is 0 Å². The predicted octanol–water partition coefficient (Wildman–Crippen LogP) is 3.37. The Morgan fingerprint density at radius 1 is 1.26 bits per heavy atom. The van der Waals surface area contributed by atoms with Gasteiger partial charge in [0, 0.05) is 6.04 Å². The Hall–Kier alpha value is -1.30. The number of benzene rings is 1. The first-order valence-electron chi connectivity index (χ1n) is 6.20. The first kappa shape index (κ1) is 14.1. The van der Waals surface area contributed by atoms with E-state index < -0.39 is 17.6 Å². The van der Waals surface area contributed by atoms with Crippen molar-refractivity contribution in [1.82, 2.24) is 5.32 Å². The van der Waals surface area contributed by atoms with Crippen molar-refractivity contribution >= 4 is 0 Å². The van der Waals surface area contributed by atoms with Crippen LogP contribution in [0.4, 0.5) is 17.6 Å². The number of ether oxygens (including phenoxy) is 1. The van der Waals surface area contributed by atoms with Crippen molar-refractivity contribution < 1.29 is 22.3 Å². The lowest BCUT2D eigenvalue weighted by Crippen LogP contribution is -2.38. The molecule has 0 spiro atoms. The first-order valence-corrected chi connectivity index (χ1v) is 6.20. The van der Waals surface area contributed by atoms with Gasteiger partial charge >= 0.3 is 6.18 Å². The average Bonchev–Trinajstić information content (AvgIpc) is 2.37. The number of hydrogen-bond acceptors (Lipinski definition) is 2. The molecule has 1 aliphatic heterocycles. The van der Waals surface area contributed by atoms with E-state index in [9.17, 15) is 17.6 Å². The molecule has 19 heavy (non-hydrogen) atoms. The Labute approximate surface area is 108 Å². The fourth-order valence-corrected chi connectivity index (χ4v) is 2.07. The van der Waals surface area contributed by atoms with Crippen LogP contribution in [-0.2, 0) is 6.18 Å². The minimum Gasteiger partial charge on any atom is -0.492 e. The van der Waals surface area contributed by atoms with E-state index in [4.69, 9.17) is 4.74 Å². The normalized spacial score (nSPS) is 20.3. The van der Waals surface area contributed by atoms with Gasteiger partial charge < -0.3 is 10.1 Å². The second-order valence-electron chi connectivity index (χ2n) is 4.60. The quantitative estimate of drug-likeness (QED) is 0.855. The molecule has 6 heteroatoms. The molecule has 1 aromatic rings. The zero-order valence-electron chi connectivity index (χ0n) is 10.3. The molecule has 2 nitrogen and oxygen atoms in total. The van der Waals surface area contributed by atoms with Crippen LogP contribution in [0, 0.1) is 5.82 Å². The van der Waals surface area contributed by atoms with Crippen LogP contribution in [0.1, 0.15) is 24.8 Å². The number of halogens is 4. The molecule has 1 unspecified atom stereocenters. The number of hydrogen-bond donors (Lipinski definition) is 1. The maximum Gasteiger partial charge on any atom is 0.419 e. The van der Waals surface area contributed by atoms with E-state index in [1.165, 1.54) is 6.07 Å². The standard InChI is InChI=1S/C13H15F4NO/c14-12-5-4-10(7-11(12)13(15,16)17)19-8-9-3-1-2-6-18-9/h4-5,7,9,18H,1-3,6,8H2. The largest absolute Gasteiger partial charge is 0.492 e. The molecule has 1 atom stereocenters. The summed E-state index contributed by atoms with van der Waals surface area (Å²) < 4.78 is 55.9. The monoisotopic (exact) mass is 277 g/mol. The van der Waals surface area contributed by atoms with Gasteiger partial charge in [-0.05, 0) is 37.6 Å². The molecule has 1 heterocycles. The Bertz CT molecular complexity index is 427. The number of rotatable bonds is 3. The number of piperidine rings is 1. The smallest absolute Gasteiger partial charge is 0.419 e. The van der Waals surface area contributed by atoms with E-state index in [1.54, 1.807) is 0 Å². The van der Waals surface area contributed by atoms with Crippen LogP contribution in [0.2, 0.25) is 0 Å². The molecule has 2 rings (SSSR count). The minimum absolute atomic E-state index is 0.0427. The van der Waals surface area contributed by atoms with Gasteiger partial charge in [-0.2, -0.15) is 13.2 Å². The summed E-state index contributed by atoms with van der Waals surface area (Å²) in [6.45, 7) is 1.19. The van der Waals surface area contributed by atoms with Crippen molar-refractivity contribution in [1.29, 1.82) is 0 Å². The number of nitrogens with one attached hydrogen (secondary N) is 1. The topological polar surface area (TPSA) is 21.3 Å². The highest BCUT2D eigenvalue weighted by atomic mass is 19.4. The summed E-state index contributed by atoms with van der Waals surface area (Å²) in [5.74, 6) is -1.24. The summed E-state index contributed by atoms with van der Waals surface area (Å²) in [7, 11) is 0. The summed E-state index contributed by atoms with van der Waals surface area (Å²) in [5, 5.41) is 3.22. The molecule has 1 saturated heterocycles. The van der Waals surface area contributed by atoms with Crippen LogP contribution in [0.5, 0.6) is 5.75 Å². The van der Waals surface area contributed by atoms with Crippen LogP contribution in [0.25, 0.3) is 0 Å². The molecule has 0 aromatic heterocycles. The van der Waals surface area contributed by atoms with Crippen molar-refractivity contribution in [2.24, 2.45) is 0 Å². The summed E-state index contributed by atoms with van der Waals surface area (Å²) in [6.07, 6.45) is -1.58. The van der Waals surface area contributed by atoms with Crippen LogP contribution < -0.4 is 10.1 Å². The average molecular weight is 277 g/mol. The minimum atomic E-state index is -4.70. The van der Waals surface area contributed by atoms with Gasteiger partial charge in [0.2, 0.25) is 0 Å². The molecule has 0 radical (unpaired) electrons. The fraction of sp³-hybridized carbons (Fsp3) is 0.538. The van der Waals surface area contributed by atoms with Gasteiger partial charge in [-0.25, -0.2) is 4.39 Å². The highest BCUT2D eigenvalue weighted by Gasteiger charge is 2.34. The lowest BCUT2D eigenvalue weighted by Gasteiger charge is -2.23. The molecule has 0 amide bonds. The van der Waals surface area contributed by atoms with Crippen molar-refractivity contribution in [3.63, 3.8) is 0 Å². The molecule has 0 aliphatic carbocycles. The lowest BCUT2D eigenvalue weighted by molar-refractivity contribution is -0.140. The van der Waals surface area contributed by atoms with Gasteiger partial charge in [0.1, 0.15) is 18.2 Å². The van der Waals surface area contributed by atoms with Crippen molar-refractivity contribution in [3.8, 4) is 5.75 Å². The van der Waals surface area contributed by atoms with Crippen molar-refractivity contribution in [2.75, 3.05) is 13.2 Å². The zero-order chi connectivity index (χ0) is 13.9. The molecule has 1 aromatic carbocycles. The van der Waals surface area contributed by atoms with Crippen molar-refractivity contribution in [2.45, 2.75) is 31.5 Å². The second-order valence-corrected chi connectivity index (χ2v) is 4.60. The van der Waals surface area contributed by atoms with Gasteiger partial charge in [0.05, 0.1) is 5.56 Å². The van der Waals surface area contributed by atoms with Crippen LogP contribution >= 0.6 is 0 Å². The second kappa shape index (κ2) is 5.77. The van der Waals surface area contributed by atoms with Crippen LogP contribution in [-0.4, -0.2) is 19.2 Å². The Morgan fingerprint density at radius 2 is 2.05 bits per heavy atom. The molecule has 1 N–H and O–H groups in total. The van der Waals surface area contributed by atoms with E-state index in [0.29, 0.717) is 12.7 Å².